The zero-order valence-electron chi connectivity index (χ0n) is 14.8. The number of anilines is 1. The smallest absolute Gasteiger partial charge is 0.342 e. The molecule has 1 saturated heterocycles. The fourth-order valence-corrected chi connectivity index (χ4v) is 2.88. The monoisotopic (exact) mass is 371 g/mol. The van der Waals surface area contributed by atoms with Crippen LogP contribution < -0.4 is 5.32 Å². The van der Waals surface area contributed by atoms with Gasteiger partial charge in [-0.25, -0.2) is 0 Å². The van der Waals surface area contributed by atoms with E-state index in [2.05, 4.69) is 5.32 Å². The van der Waals surface area contributed by atoms with Crippen molar-refractivity contribution in [3.63, 3.8) is 0 Å². The van der Waals surface area contributed by atoms with Crippen molar-refractivity contribution < 1.29 is 22.8 Å². The Morgan fingerprint density at radius 1 is 1.19 bits per heavy atom. The Morgan fingerprint density at radius 2 is 1.81 bits per heavy atom. The highest BCUT2D eigenvalue weighted by Gasteiger charge is 2.29. The van der Waals surface area contributed by atoms with E-state index < -0.39 is 12.6 Å². The standard InChI is InChI=1S/C18H24F3N3O2/c1-23(12-9-18(19,20)21)13-16(25)24-10-7-14(8-11-24)17(26)22-15-5-3-2-4-6-15/h2-6,14H,7-13H2,1H3,(H,22,26). The average Bonchev–Trinajstić information content (AvgIpc) is 2.60. The van der Waals surface area contributed by atoms with Crippen LogP contribution in [-0.4, -0.2) is 61.0 Å². The van der Waals surface area contributed by atoms with E-state index in [9.17, 15) is 22.8 Å². The van der Waals surface area contributed by atoms with Crippen molar-refractivity contribution >= 4 is 17.5 Å². The van der Waals surface area contributed by atoms with Gasteiger partial charge in [-0.1, -0.05) is 18.2 Å². The van der Waals surface area contributed by atoms with Crippen LogP contribution in [0.4, 0.5) is 18.9 Å². The largest absolute Gasteiger partial charge is 0.390 e. The molecule has 1 aliphatic rings. The van der Waals surface area contributed by atoms with Gasteiger partial charge in [0.2, 0.25) is 11.8 Å². The van der Waals surface area contributed by atoms with Crippen LogP contribution in [0.3, 0.4) is 0 Å². The fourth-order valence-electron chi connectivity index (χ4n) is 2.88. The quantitative estimate of drug-likeness (QED) is 0.837. The number of carbonyl (C=O) groups is 2. The van der Waals surface area contributed by atoms with Crippen molar-refractivity contribution in [1.29, 1.82) is 0 Å². The summed E-state index contributed by atoms with van der Waals surface area (Å²) < 4.78 is 36.7. The number of alkyl halides is 3. The molecule has 5 nitrogen and oxygen atoms in total. The zero-order valence-corrected chi connectivity index (χ0v) is 14.8. The number of carbonyl (C=O) groups excluding carboxylic acids is 2. The second kappa shape index (κ2) is 9.02. The number of halogens is 3. The zero-order chi connectivity index (χ0) is 19.2. The Bertz CT molecular complexity index is 599. The molecule has 2 amide bonds. The van der Waals surface area contributed by atoms with E-state index in [1.807, 2.05) is 30.3 Å². The number of para-hydroxylation sites is 1. The lowest BCUT2D eigenvalue weighted by atomic mass is 9.95. The van der Waals surface area contributed by atoms with Gasteiger partial charge >= 0.3 is 6.18 Å². The molecule has 0 aliphatic carbocycles. The van der Waals surface area contributed by atoms with Crippen LogP contribution in [0.5, 0.6) is 0 Å². The van der Waals surface area contributed by atoms with Gasteiger partial charge in [-0.05, 0) is 32.0 Å². The molecule has 0 bridgehead atoms. The molecule has 2 rings (SSSR count). The summed E-state index contributed by atoms with van der Waals surface area (Å²) in [6, 6.07) is 9.17. The molecule has 1 aromatic carbocycles. The molecule has 0 aromatic heterocycles. The lowest BCUT2D eigenvalue weighted by molar-refractivity contribution is -0.142. The molecule has 0 atom stereocenters. The fraction of sp³-hybridized carbons (Fsp3) is 0.556. The minimum absolute atomic E-state index is 0.0447. The number of nitrogens with one attached hydrogen (secondary N) is 1. The highest BCUT2D eigenvalue weighted by atomic mass is 19.4. The van der Waals surface area contributed by atoms with Gasteiger partial charge in [0.15, 0.2) is 0 Å². The third kappa shape index (κ3) is 6.67. The number of likely N-dealkylation sites (N-methyl/N-ethyl adjacent to an activating group) is 1. The molecule has 0 saturated carbocycles. The summed E-state index contributed by atoms with van der Waals surface area (Å²) in [4.78, 5) is 27.5. The Labute approximate surface area is 151 Å². The molecule has 144 valence electrons. The maximum absolute atomic E-state index is 12.3. The summed E-state index contributed by atoms with van der Waals surface area (Å²) in [7, 11) is 1.50. The Kier molecular flexibility index (Phi) is 7.02. The van der Waals surface area contributed by atoms with Crippen molar-refractivity contribution in [3.05, 3.63) is 30.3 Å². The first-order valence-electron chi connectivity index (χ1n) is 8.63. The van der Waals surface area contributed by atoms with E-state index >= 15 is 0 Å². The minimum atomic E-state index is -4.22. The number of piperidine rings is 1. The lowest BCUT2D eigenvalue weighted by Gasteiger charge is -2.32. The second-order valence-electron chi connectivity index (χ2n) is 6.61. The maximum atomic E-state index is 12.3. The number of amides is 2. The van der Waals surface area contributed by atoms with E-state index in [1.165, 1.54) is 11.9 Å². The highest BCUT2D eigenvalue weighted by molar-refractivity contribution is 5.92. The number of rotatable bonds is 6. The molecule has 0 unspecified atom stereocenters. The summed E-state index contributed by atoms with van der Waals surface area (Å²) in [5.74, 6) is -0.426. The topological polar surface area (TPSA) is 52.7 Å². The molecular formula is C18H24F3N3O2. The van der Waals surface area contributed by atoms with E-state index in [0.29, 0.717) is 25.9 Å². The van der Waals surface area contributed by atoms with Crippen molar-refractivity contribution in [2.75, 3.05) is 38.5 Å². The van der Waals surface area contributed by atoms with Crippen molar-refractivity contribution in [2.24, 2.45) is 5.92 Å². The number of likely N-dealkylation sites (tertiary alicyclic amines) is 1. The van der Waals surface area contributed by atoms with Gasteiger partial charge in [-0.3, -0.25) is 14.5 Å². The summed E-state index contributed by atoms with van der Waals surface area (Å²) in [5.41, 5.74) is 0.738. The molecule has 1 aliphatic heterocycles. The average molecular weight is 371 g/mol. The van der Waals surface area contributed by atoms with Gasteiger partial charge in [0, 0.05) is 31.2 Å². The highest BCUT2D eigenvalue weighted by Crippen LogP contribution is 2.21. The van der Waals surface area contributed by atoms with E-state index in [-0.39, 0.29) is 30.8 Å². The molecule has 8 heteroatoms. The van der Waals surface area contributed by atoms with E-state index in [4.69, 9.17) is 0 Å². The predicted molar refractivity (Wildman–Crippen MR) is 92.5 cm³/mol. The maximum Gasteiger partial charge on any atom is 0.390 e. The number of nitrogens with zero attached hydrogens (tertiary/aromatic N) is 2. The molecule has 1 fully saturated rings. The van der Waals surface area contributed by atoms with Crippen molar-refractivity contribution in [2.45, 2.75) is 25.4 Å². The second-order valence-corrected chi connectivity index (χ2v) is 6.61. The summed E-state index contributed by atoms with van der Waals surface area (Å²) in [6.45, 7) is 0.639. The van der Waals surface area contributed by atoms with Crippen LogP contribution in [0.15, 0.2) is 30.3 Å². The molecule has 26 heavy (non-hydrogen) atoms. The van der Waals surface area contributed by atoms with Crippen LogP contribution in [0.25, 0.3) is 0 Å². The normalized spacial score (nSPS) is 16.0. The minimum Gasteiger partial charge on any atom is -0.342 e. The third-order valence-electron chi connectivity index (χ3n) is 4.44. The van der Waals surface area contributed by atoms with Gasteiger partial charge in [-0.2, -0.15) is 13.2 Å². The van der Waals surface area contributed by atoms with Gasteiger partial charge < -0.3 is 10.2 Å². The molecule has 0 spiro atoms. The summed E-state index contributed by atoms with van der Waals surface area (Å²) in [6.07, 6.45) is -4.05. The third-order valence-corrected chi connectivity index (χ3v) is 4.44. The first kappa shape index (κ1) is 20.2. The van der Waals surface area contributed by atoms with Gasteiger partial charge in [-0.15, -0.1) is 0 Å². The van der Waals surface area contributed by atoms with Crippen molar-refractivity contribution in [1.82, 2.24) is 9.80 Å². The number of hydrogen-bond donors (Lipinski definition) is 1. The SMILES string of the molecule is CN(CCC(F)(F)F)CC(=O)N1CCC(C(=O)Nc2ccccc2)CC1. The Balaban J connectivity index is 1.73. The van der Waals surface area contributed by atoms with Crippen LogP contribution in [-0.2, 0) is 9.59 Å². The van der Waals surface area contributed by atoms with Gasteiger partial charge in [0.05, 0.1) is 13.0 Å². The van der Waals surface area contributed by atoms with E-state index in [1.54, 1.807) is 4.90 Å². The molecule has 1 aromatic rings. The lowest BCUT2D eigenvalue weighted by Crippen LogP contribution is -2.45. The first-order valence-corrected chi connectivity index (χ1v) is 8.63. The molecular weight excluding hydrogens is 347 g/mol. The van der Waals surface area contributed by atoms with Crippen molar-refractivity contribution in [3.8, 4) is 0 Å². The predicted octanol–water partition coefficient (Wildman–Crippen LogP) is 2.75. The van der Waals surface area contributed by atoms with Gasteiger partial charge in [0.1, 0.15) is 0 Å². The number of benzene rings is 1. The van der Waals surface area contributed by atoms with Crippen LogP contribution in [0.1, 0.15) is 19.3 Å². The van der Waals surface area contributed by atoms with Gasteiger partial charge in [0.25, 0.3) is 0 Å². The molecule has 1 heterocycles. The first-order chi connectivity index (χ1) is 12.2. The van der Waals surface area contributed by atoms with Crippen LogP contribution in [0, 0.1) is 5.92 Å². The van der Waals surface area contributed by atoms with Crippen LogP contribution in [0.2, 0.25) is 0 Å². The summed E-state index contributed by atoms with van der Waals surface area (Å²) >= 11 is 0. The Hall–Kier alpha value is -2.09. The Morgan fingerprint density at radius 3 is 2.38 bits per heavy atom. The molecule has 0 radical (unpaired) electrons. The van der Waals surface area contributed by atoms with E-state index in [0.717, 1.165) is 5.69 Å². The number of hydrogen-bond acceptors (Lipinski definition) is 3. The molecule has 1 N–H and O–H groups in total. The van der Waals surface area contributed by atoms with Crippen LogP contribution >= 0.6 is 0 Å². The summed E-state index contributed by atoms with van der Waals surface area (Å²) in [5, 5.41) is 2.86.